The fourth-order valence-corrected chi connectivity index (χ4v) is 8.32. The first kappa shape index (κ1) is 63.2. The largest absolute Gasteiger partial charge is 0.472 e. The van der Waals surface area contributed by atoms with E-state index in [1.807, 2.05) is 12.2 Å². The maximum Gasteiger partial charge on any atom is 0.472 e. The van der Waals surface area contributed by atoms with Crippen LogP contribution in [0.15, 0.2) is 85.1 Å². The molecule has 0 bridgehead atoms. The number of hydrogen-bond donors (Lipinski definition) is 8. The van der Waals surface area contributed by atoms with Crippen LogP contribution >= 0.6 is 15.6 Å². The summed E-state index contributed by atoms with van der Waals surface area (Å²) in [5.41, 5.74) is 0. The lowest BCUT2D eigenvalue weighted by Crippen LogP contribution is -2.64. The summed E-state index contributed by atoms with van der Waals surface area (Å²) in [6.07, 6.45) is 29.9. The zero-order chi connectivity index (χ0) is 50.5. The molecule has 0 spiro atoms. The molecular formula is C49H82O17P2. The molecule has 390 valence electrons. The average Bonchev–Trinajstić information content (AvgIpc) is 3.29. The molecule has 9 atom stereocenters. The van der Waals surface area contributed by atoms with Crippen molar-refractivity contribution in [1.82, 2.24) is 0 Å². The van der Waals surface area contributed by atoms with Crippen molar-refractivity contribution in [2.24, 2.45) is 0 Å². The van der Waals surface area contributed by atoms with Gasteiger partial charge < -0.3 is 49.7 Å². The van der Waals surface area contributed by atoms with Crippen LogP contribution in [0.3, 0.4) is 0 Å². The number of aliphatic hydroxyl groups excluding tert-OH is 5. The molecule has 1 rings (SSSR count). The third kappa shape index (κ3) is 32.9. The monoisotopic (exact) mass is 1000 g/mol. The minimum absolute atomic E-state index is 0.0695. The highest BCUT2D eigenvalue weighted by atomic mass is 31.2. The number of allylic oxidation sites excluding steroid dienone is 12. The molecule has 19 heteroatoms. The number of esters is 2. The molecule has 0 aliphatic heterocycles. The molecule has 0 aromatic rings. The number of ether oxygens (including phenoxy) is 2. The molecule has 0 heterocycles. The van der Waals surface area contributed by atoms with Gasteiger partial charge in [0.2, 0.25) is 0 Å². The van der Waals surface area contributed by atoms with E-state index in [1.165, 1.54) is 38.5 Å². The van der Waals surface area contributed by atoms with Crippen molar-refractivity contribution in [1.29, 1.82) is 0 Å². The number of aliphatic hydroxyl groups is 5. The van der Waals surface area contributed by atoms with Gasteiger partial charge in [-0.2, -0.15) is 0 Å². The van der Waals surface area contributed by atoms with E-state index in [1.54, 1.807) is 24.3 Å². The minimum atomic E-state index is -5.39. The Morgan fingerprint density at radius 3 is 1.71 bits per heavy atom. The van der Waals surface area contributed by atoms with Gasteiger partial charge in [0.25, 0.3) is 0 Å². The number of hydrogen-bond acceptors (Lipinski definition) is 14. The fraction of sp³-hybridized carbons (Fsp3) is 0.673. The van der Waals surface area contributed by atoms with Crippen LogP contribution in [-0.2, 0) is 41.8 Å². The summed E-state index contributed by atoms with van der Waals surface area (Å²) in [7, 11) is -10.8. The summed E-state index contributed by atoms with van der Waals surface area (Å²) in [6, 6.07) is 0. The van der Waals surface area contributed by atoms with Crippen LogP contribution in [0.4, 0.5) is 0 Å². The second-order valence-corrected chi connectivity index (χ2v) is 19.2. The van der Waals surface area contributed by atoms with Crippen molar-refractivity contribution in [2.45, 2.75) is 198 Å². The molecule has 68 heavy (non-hydrogen) atoms. The molecule has 1 aliphatic carbocycles. The molecule has 1 fully saturated rings. The van der Waals surface area contributed by atoms with Gasteiger partial charge in [-0.1, -0.05) is 150 Å². The first-order valence-corrected chi connectivity index (χ1v) is 27.3. The van der Waals surface area contributed by atoms with Crippen molar-refractivity contribution in [3.63, 3.8) is 0 Å². The number of phosphoric acid groups is 2. The van der Waals surface area contributed by atoms with E-state index in [2.05, 4.69) is 67.0 Å². The van der Waals surface area contributed by atoms with Gasteiger partial charge in [-0.25, -0.2) is 9.13 Å². The maximum absolute atomic E-state index is 13.0. The first-order chi connectivity index (χ1) is 32.5. The molecule has 1 aliphatic rings. The molecule has 0 aromatic heterocycles. The lowest BCUT2D eigenvalue weighted by atomic mass is 9.85. The second-order valence-electron chi connectivity index (χ2n) is 16.6. The predicted octanol–water partition coefficient (Wildman–Crippen LogP) is 8.36. The molecule has 17 nitrogen and oxygen atoms in total. The van der Waals surface area contributed by atoms with Crippen molar-refractivity contribution >= 4 is 27.6 Å². The Bertz CT molecular complexity index is 1650. The molecule has 1 saturated carbocycles. The van der Waals surface area contributed by atoms with Gasteiger partial charge in [-0.05, 0) is 70.6 Å². The van der Waals surface area contributed by atoms with Gasteiger partial charge in [0.05, 0.1) is 12.7 Å². The van der Waals surface area contributed by atoms with Crippen LogP contribution in [0.2, 0.25) is 0 Å². The summed E-state index contributed by atoms with van der Waals surface area (Å²) in [6.45, 7) is 2.83. The van der Waals surface area contributed by atoms with E-state index in [0.717, 1.165) is 64.2 Å². The van der Waals surface area contributed by atoms with Gasteiger partial charge >= 0.3 is 27.6 Å². The third-order valence-electron chi connectivity index (χ3n) is 10.5. The highest BCUT2D eigenvalue weighted by Gasteiger charge is 2.54. The highest BCUT2D eigenvalue weighted by molar-refractivity contribution is 7.47. The van der Waals surface area contributed by atoms with Crippen molar-refractivity contribution < 1.29 is 82.0 Å². The maximum atomic E-state index is 13.0. The van der Waals surface area contributed by atoms with Gasteiger partial charge in [-0.3, -0.25) is 23.2 Å². The van der Waals surface area contributed by atoms with Crippen LogP contribution in [0.1, 0.15) is 149 Å². The zero-order valence-corrected chi connectivity index (χ0v) is 41.9. The van der Waals surface area contributed by atoms with Crippen LogP contribution < -0.4 is 0 Å². The highest BCUT2D eigenvalue weighted by Crippen LogP contribution is 2.49. The number of phosphoric ester groups is 2. The summed E-state index contributed by atoms with van der Waals surface area (Å²) in [4.78, 5) is 54.3. The van der Waals surface area contributed by atoms with Crippen molar-refractivity contribution in [3.05, 3.63) is 85.1 Å². The SMILES string of the molecule is CC/C=C\C/C=C\C/C=C\C/C=C\C=C/C(O)C/C=C\CCC(=O)O[C@H](COC(=O)CCCCCCC/C=C\CCCCCCCC)COP(=O)(O)O[C@H]1C(O)C(O)C(O)[C@@H](OP(=O)(O)O)C1O. The molecule has 8 N–H and O–H groups in total. The van der Waals surface area contributed by atoms with E-state index in [-0.39, 0.29) is 25.7 Å². The van der Waals surface area contributed by atoms with E-state index < -0.39 is 89.6 Å². The standard InChI is InChI=1S/C49H82O17P2/c1-3-5-7-9-11-13-15-17-18-20-22-24-26-28-32-36-42(51)62-38-41(39-63-68(60,61)66-49-46(55)44(53)45(54)48(47(49)56)65-67(57,58)59)64-43(52)37-33-29-31-35-40(50)34-30-27-25-23-21-19-16-14-12-10-8-6-4-2/h6,8,12,14,17-19,21,25,27,29-31,34,40-41,44-50,53-56H,3-5,7,9-11,13,15-16,20,22-24,26,28,32-33,35-39H2,1-2H3,(H,60,61)(H2,57,58,59)/b8-6-,14-12-,18-17-,21-19-,27-25-,31-29-,34-30-/t40?,41-,44?,45?,46?,47?,48-,49+/m1/s1. The summed E-state index contributed by atoms with van der Waals surface area (Å²) < 4.78 is 49.2. The topological polar surface area (TPSA) is 276 Å². The Kier molecular flexibility index (Phi) is 36.1. The Hall–Kier alpha value is -2.86. The third-order valence-corrected chi connectivity index (χ3v) is 12.1. The minimum Gasteiger partial charge on any atom is -0.462 e. The Morgan fingerprint density at radius 1 is 0.559 bits per heavy atom. The molecular weight excluding hydrogens is 922 g/mol. The second kappa shape index (κ2) is 38.8. The zero-order valence-electron chi connectivity index (χ0n) is 40.1. The van der Waals surface area contributed by atoms with Crippen LogP contribution in [-0.4, -0.2) is 114 Å². The average molecular weight is 1010 g/mol. The summed E-state index contributed by atoms with van der Waals surface area (Å²) in [5, 5.41) is 51.5. The normalized spacial score (nSPS) is 22.4. The van der Waals surface area contributed by atoms with Crippen LogP contribution in [0, 0.1) is 0 Å². The van der Waals surface area contributed by atoms with Crippen molar-refractivity contribution in [3.8, 4) is 0 Å². The quantitative estimate of drug-likeness (QED) is 0.00944. The summed E-state index contributed by atoms with van der Waals surface area (Å²) >= 11 is 0. The molecule has 0 amide bonds. The lowest BCUT2D eigenvalue weighted by molar-refractivity contribution is -0.216. The number of carbonyl (C=O) groups excluding carboxylic acids is 2. The smallest absolute Gasteiger partial charge is 0.462 e. The van der Waals surface area contributed by atoms with Gasteiger partial charge in [-0.15, -0.1) is 0 Å². The van der Waals surface area contributed by atoms with Crippen LogP contribution in [0.5, 0.6) is 0 Å². The number of unbranched alkanes of at least 4 members (excludes halogenated alkanes) is 11. The van der Waals surface area contributed by atoms with Gasteiger partial charge in [0.15, 0.2) is 6.10 Å². The first-order valence-electron chi connectivity index (χ1n) is 24.2. The van der Waals surface area contributed by atoms with Crippen molar-refractivity contribution in [2.75, 3.05) is 13.2 Å². The van der Waals surface area contributed by atoms with E-state index in [0.29, 0.717) is 6.42 Å². The van der Waals surface area contributed by atoms with Crippen LogP contribution in [0.25, 0.3) is 0 Å². The van der Waals surface area contributed by atoms with E-state index in [9.17, 15) is 58.9 Å². The Balaban J connectivity index is 2.69. The lowest BCUT2D eigenvalue weighted by Gasteiger charge is -2.43. The van der Waals surface area contributed by atoms with Gasteiger partial charge in [0, 0.05) is 12.8 Å². The number of rotatable bonds is 39. The molecule has 0 radical (unpaired) electrons. The predicted molar refractivity (Wildman–Crippen MR) is 261 cm³/mol. The fourth-order valence-electron chi connectivity index (χ4n) is 6.78. The summed E-state index contributed by atoms with van der Waals surface area (Å²) in [5.74, 6) is -1.40. The molecule has 0 saturated heterocycles. The number of carbonyl (C=O) groups is 2. The van der Waals surface area contributed by atoms with E-state index >= 15 is 0 Å². The Morgan fingerprint density at radius 2 is 1.10 bits per heavy atom. The molecule has 0 aromatic carbocycles. The van der Waals surface area contributed by atoms with Gasteiger partial charge in [0.1, 0.15) is 43.2 Å². The van der Waals surface area contributed by atoms with E-state index in [4.69, 9.17) is 18.5 Å². The Labute approximate surface area is 404 Å². The molecule has 6 unspecified atom stereocenters.